The van der Waals surface area contributed by atoms with Crippen LogP contribution in [0.4, 0.5) is 5.69 Å². The van der Waals surface area contributed by atoms with Crippen molar-refractivity contribution < 1.29 is 19.2 Å². The third-order valence-electron chi connectivity index (χ3n) is 6.94. The Morgan fingerprint density at radius 2 is 1.81 bits per heavy atom. The summed E-state index contributed by atoms with van der Waals surface area (Å²) in [6, 6.07) is 14.4. The minimum absolute atomic E-state index is 0.136. The highest BCUT2D eigenvalue weighted by molar-refractivity contribution is 6.15. The van der Waals surface area contributed by atoms with Crippen molar-refractivity contribution in [3.63, 3.8) is 0 Å². The first-order valence-corrected chi connectivity index (χ1v) is 10.7. The minimum Gasteiger partial charge on any atom is -0.370 e. The van der Waals surface area contributed by atoms with Crippen LogP contribution in [0.5, 0.6) is 0 Å². The summed E-state index contributed by atoms with van der Waals surface area (Å²) in [5.74, 6) is -3.49. The Bertz CT molecular complexity index is 1150. The van der Waals surface area contributed by atoms with Crippen LogP contribution in [-0.4, -0.2) is 41.1 Å². The van der Waals surface area contributed by atoms with Crippen molar-refractivity contribution >= 4 is 29.3 Å². The third-order valence-corrected chi connectivity index (χ3v) is 6.94. The number of fused-ring (bicyclic) bond motifs is 4. The smallest absolute Gasteiger partial charge is 0.250 e. The van der Waals surface area contributed by atoms with Gasteiger partial charge in [0.25, 0.3) is 0 Å². The van der Waals surface area contributed by atoms with Gasteiger partial charge in [-0.15, -0.1) is 0 Å². The highest BCUT2D eigenvalue weighted by Gasteiger charge is 2.70. The molecular formula is C24H24N4O4. The number of benzene rings is 2. The van der Waals surface area contributed by atoms with Gasteiger partial charge in [-0.1, -0.05) is 48.5 Å². The van der Waals surface area contributed by atoms with E-state index in [1.165, 1.54) is 4.90 Å². The molecule has 0 saturated carbocycles. The maximum Gasteiger partial charge on any atom is 0.250 e. The Hall–Kier alpha value is -3.52. The number of nitrogens with one attached hydrogen (secondary N) is 2. The molecule has 0 unspecified atom stereocenters. The molecule has 2 saturated heterocycles. The number of rotatable bonds is 5. The number of hydrogen-bond acceptors (Lipinski definition) is 5. The summed E-state index contributed by atoms with van der Waals surface area (Å²) >= 11 is 0. The van der Waals surface area contributed by atoms with Crippen molar-refractivity contribution in [3.05, 3.63) is 65.2 Å². The zero-order valence-electron chi connectivity index (χ0n) is 17.6. The lowest BCUT2D eigenvalue weighted by Gasteiger charge is -2.29. The zero-order chi connectivity index (χ0) is 22.6. The molecule has 164 valence electrons. The quantitative estimate of drug-likeness (QED) is 0.605. The second-order valence-electron chi connectivity index (χ2n) is 8.75. The summed E-state index contributed by atoms with van der Waals surface area (Å²) in [4.78, 5) is 53.4. The summed E-state index contributed by atoms with van der Waals surface area (Å²) in [5.41, 5.74) is 7.20. The van der Waals surface area contributed by atoms with Gasteiger partial charge in [-0.2, -0.15) is 0 Å². The molecule has 3 aliphatic rings. The number of hydrogen-bond donors (Lipinski definition) is 3. The Morgan fingerprint density at radius 3 is 2.53 bits per heavy atom. The van der Waals surface area contributed by atoms with E-state index in [-0.39, 0.29) is 30.7 Å². The van der Waals surface area contributed by atoms with E-state index in [9.17, 15) is 19.2 Å². The average molecular weight is 432 g/mol. The van der Waals surface area contributed by atoms with Crippen LogP contribution >= 0.6 is 0 Å². The molecule has 0 aliphatic carbocycles. The number of carbonyl (C=O) groups is 4. The Labute approximate surface area is 185 Å². The van der Waals surface area contributed by atoms with E-state index in [0.29, 0.717) is 17.7 Å². The van der Waals surface area contributed by atoms with Crippen LogP contribution in [0.15, 0.2) is 48.5 Å². The molecule has 2 aromatic rings. The van der Waals surface area contributed by atoms with Crippen LogP contribution in [-0.2, 0) is 31.1 Å². The maximum absolute atomic E-state index is 13.6. The average Bonchev–Trinajstić information content (AvgIpc) is 3.33. The molecule has 0 aromatic heterocycles. The van der Waals surface area contributed by atoms with Crippen molar-refractivity contribution in [3.8, 4) is 0 Å². The molecule has 8 heteroatoms. The van der Waals surface area contributed by atoms with Gasteiger partial charge in [0.15, 0.2) is 0 Å². The lowest BCUT2D eigenvalue weighted by Crippen LogP contribution is -2.53. The summed E-state index contributed by atoms with van der Waals surface area (Å²) in [5, 5.41) is 6.10. The van der Waals surface area contributed by atoms with Crippen LogP contribution in [0, 0.1) is 18.8 Å². The van der Waals surface area contributed by atoms with Crippen molar-refractivity contribution in [1.29, 1.82) is 0 Å². The lowest BCUT2D eigenvalue weighted by atomic mass is 9.76. The Balaban J connectivity index is 1.55. The van der Waals surface area contributed by atoms with Crippen LogP contribution < -0.4 is 16.4 Å². The molecule has 0 bridgehead atoms. The van der Waals surface area contributed by atoms with Crippen LogP contribution in [0.3, 0.4) is 0 Å². The summed E-state index contributed by atoms with van der Waals surface area (Å²) in [6.07, 6.45) is 0.378. The predicted octanol–water partition coefficient (Wildman–Crippen LogP) is 0.834. The number of amides is 4. The fourth-order valence-corrected chi connectivity index (χ4v) is 5.53. The fourth-order valence-electron chi connectivity index (χ4n) is 5.53. The number of para-hydroxylation sites is 1. The molecule has 3 aliphatic heterocycles. The SMILES string of the molecule is Cc1cccc2c1NC(=O)[C@@]21N[C@H](CC(N)=O)[C@H]2C(=O)N(CCc3ccccc3)C(=O)[C@H]21. The molecule has 0 radical (unpaired) electrons. The molecule has 1 spiro atoms. The highest BCUT2D eigenvalue weighted by Crippen LogP contribution is 2.53. The number of nitrogens with zero attached hydrogens (tertiary/aromatic N) is 1. The molecule has 8 nitrogen and oxygen atoms in total. The van der Waals surface area contributed by atoms with Gasteiger partial charge in [-0.3, -0.25) is 29.4 Å². The number of nitrogens with two attached hydrogens (primary N) is 1. The molecule has 4 atom stereocenters. The summed E-state index contributed by atoms with van der Waals surface area (Å²) < 4.78 is 0. The standard InChI is InChI=1S/C24H24N4O4/c1-13-6-5-9-15-20(13)26-23(32)24(15)19-18(16(27-24)12-17(25)29)21(30)28(22(19)31)11-10-14-7-3-2-4-8-14/h2-9,16,18-19,27H,10-12H2,1H3,(H2,25,29)(H,26,32)/t16-,18-,19+,24-/m1/s1. The summed E-state index contributed by atoms with van der Waals surface area (Å²) in [7, 11) is 0. The van der Waals surface area contributed by atoms with Gasteiger partial charge in [-0.05, 0) is 24.5 Å². The van der Waals surface area contributed by atoms with Crippen LogP contribution in [0.25, 0.3) is 0 Å². The number of carbonyl (C=O) groups excluding carboxylic acids is 4. The first kappa shape index (κ1) is 20.4. The van der Waals surface area contributed by atoms with Gasteiger partial charge in [-0.25, -0.2) is 0 Å². The van der Waals surface area contributed by atoms with E-state index < -0.39 is 29.3 Å². The Morgan fingerprint density at radius 1 is 1.06 bits per heavy atom. The number of aryl methyl sites for hydroxylation is 1. The van der Waals surface area contributed by atoms with Crippen molar-refractivity contribution in [2.45, 2.75) is 31.3 Å². The van der Waals surface area contributed by atoms with Gasteiger partial charge in [0.1, 0.15) is 5.54 Å². The van der Waals surface area contributed by atoms with E-state index in [0.717, 1.165) is 11.1 Å². The number of primary amides is 1. The first-order valence-electron chi connectivity index (χ1n) is 10.7. The van der Waals surface area contributed by atoms with E-state index in [1.54, 1.807) is 6.07 Å². The Kier molecular flexibility index (Phi) is 4.63. The zero-order valence-corrected chi connectivity index (χ0v) is 17.6. The van der Waals surface area contributed by atoms with Crippen molar-refractivity contribution in [1.82, 2.24) is 10.2 Å². The van der Waals surface area contributed by atoms with E-state index >= 15 is 0 Å². The second-order valence-corrected chi connectivity index (χ2v) is 8.75. The molecule has 4 amide bonds. The fraction of sp³-hybridized carbons (Fsp3) is 0.333. The van der Waals surface area contributed by atoms with E-state index in [1.807, 2.05) is 49.4 Å². The molecule has 32 heavy (non-hydrogen) atoms. The molecule has 5 rings (SSSR count). The van der Waals surface area contributed by atoms with Gasteiger partial charge < -0.3 is 11.1 Å². The monoisotopic (exact) mass is 432 g/mol. The number of likely N-dealkylation sites (tertiary alicyclic amines) is 1. The van der Waals surface area contributed by atoms with Gasteiger partial charge in [0, 0.05) is 30.3 Å². The molecular weight excluding hydrogens is 408 g/mol. The van der Waals surface area contributed by atoms with Crippen molar-refractivity contribution in [2.24, 2.45) is 17.6 Å². The largest absolute Gasteiger partial charge is 0.370 e. The third kappa shape index (κ3) is 2.79. The molecule has 3 heterocycles. The minimum atomic E-state index is -1.40. The van der Waals surface area contributed by atoms with Crippen LogP contribution in [0.1, 0.15) is 23.1 Å². The second kappa shape index (κ2) is 7.27. The maximum atomic E-state index is 13.6. The number of anilines is 1. The van der Waals surface area contributed by atoms with Crippen LogP contribution in [0.2, 0.25) is 0 Å². The predicted molar refractivity (Wildman–Crippen MR) is 116 cm³/mol. The highest BCUT2D eigenvalue weighted by atomic mass is 16.2. The van der Waals surface area contributed by atoms with Crippen molar-refractivity contribution in [2.75, 3.05) is 11.9 Å². The molecule has 4 N–H and O–H groups in total. The molecule has 2 aromatic carbocycles. The molecule has 2 fully saturated rings. The summed E-state index contributed by atoms with van der Waals surface area (Å²) in [6.45, 7) is 2.09. The van der Waals surface area contributed by atoms with Gasteiger partial charge in [0.05, 0.1) is 11.8 Å². The first-order chi connectivity index (χ1) is 15.3. The normalized spacial score (nSPS) is 28.2. The lowest BCUT2D eigenvalue weighted by molar-refractivity contribution is -0.142. The van der Waals surface area contributed by atoms with E-state index in [2.05, 4.69) is 10.6 Å². The van der Waals surface area contributed by atoms with Gasteiger partial charge in [0.2, 0.25) is 23.6 Å². The van der Waals surface area contributed by atoms with Gasteiger partial charge >= 0.3 is 0 Å². The topological polar surface area (TPSA) is 122 Å². The van der Waals surface area contributed by atoms with E-state index in [4.69, 9.17) is 5.73 Å². The number of imide groups is 1.